The highest BCUT2D eigenvalue weighted by Gasteiger charge is 2.16. The zero-order chi connectivity index (χ0) is 19.9. The number of unbranched alkanes of at least 4 members (excludes halogenated alkanes) is 1. The lowest BCUT2D eigenvalue weighted by Gasteiger charge is -2.15. The normalized spacial score (nSPS) is 14.3. The van der Waals surface area contributed by atoms with Gasteiger partial charge in [0.1, 0.15) is 6.29 Å². The predicted octanol–water partition coefficient (Wildman–Crippen LogP) is 5.79. The van der Waals surface area contributed by atoms with E-state index in [4.69, 9.17) is 0 Å². The van der Waals surface area contributed by atoms with Crippen molar-refractivity contribution >= 4 is 6.29 Å². The van der Waals surface area contributed by atoms with E-state index >= 15 is 0 Å². The third kappa shape index (κ3) is 9.65. The second-order valence-electron chi connectivity index (χ2n) is 7.09. The first-order valence-electron chi connectivity index (χ1n) is 9.63. The number of hydrogen-bond acceptors (Lipinski definition) is 4. The summed E-state index contributed by atoms with van der Waals surface area (Å²) in [5, 5.41) is 12.2. The van der Waals surface area contributed by atoms with Gasteiger partial charge in [0.25, 0.3) is 0 Å². The molecule has 0 aliphatic rings. The summed E-state index contributed by atoms with van der Waals surface area (Å²) in [5.74, 6) is -0.223. The van der Waals surface area contributed by atoms with Crippen LogP contribution in [0, 0.1) is 28.1 Å². The van der Waals surface area contributed by atoms with E-state index in [0.29, 0.717) is 12.8 Å². The van der Waals surface area contributed by atoms with Gasteiger partial charge in [-0.3, -0.25) is 0 Å². The molecule has 0 aromatic heterocycles. The zero-order valence-corrected chi connectivity index (χ0v) is 16.4. The molecule has 0 saturated heterocycles. The predicted molar refractivity (Wildman–Crippen MR) is 110 cm³/mol. The van der Waals surface area contributed by atoms with Crippen LogP contribution >= 0.6 is 0 Å². The smallest absolute Gasteiger partial charge is 0.123 e. The molecule has 27 heavy (non-hydrogen) atoms. The molecule has 0 heterocycles. The van der Waals surface area contributed by atoms with E-state index in [-0.39, 0.29) is 18.4 Å². The van der Waals surface area contributed by atoms with Gasteiger partial charge in [-0.15, -0.1) is 0 Å². The quantitative estimate of drug-likeness (QED) is 0.146. The Labute approximate surface area is 163 Å². The van der Waals surface area contributed by atoms with E-state index in [0.717, 1.165) is 37.5 Å². The maximum Gasteiger partial charge on any atom is 0.123 e. The lowest BCUT2D eigenvalue weighted by Crippen LogP contribution is -2.15. The van der Waals surface area contributed by atoms with Crippen LogP contribution in [0.4, 0.5) is 0 Å². The molecule has 0 fully saturated rings. The number of aldehydes is 1. The Morgan fingerprint density at radius 3 is 2.59 bits per heavy atom. The molecule has 0 aliphatic carbocycles. The monoisotopic (exact) mass is 366 g/mol. The molecule has 1 aromatic carbocycles. The van der Waals surface area contributed by atoms with Gasteiger partial charge in [-0.25, -0.2) is 0 Å². The first-order chi connectivity index (χ1) is 13.1. The minimum Gasteiger partial charge on any atom is -0.303 e. The highest BCUT2D eigenvalue weighted by atomic mass is 16.3. The number of nitroso groups, excluding NO2 is 1. The maximum absolute atomic E-state index is 10.9. The number of nitriles is 1. The van der Waals surface area contributed by atoms with E-state index in [1.165, 1.54) is 11.1 Å². The van der Waals surface area contributed by atoms with Crippen molar-refractivity contribution in [3.8, 4) is 6.07 Å². The molecule has 144 valence electrons. The van der Waals surface area contributed by atoms with E-state index in [1.54, 1.807) is 0 Å². The van der Waals surface area contributed by atoms with Crippen molar-refractivity contribution in [2.24, 2.45) is 17.0 Å². The van der Waals surface area contributed by atoms with E-state index in [2.05, 4.69) is 48.5 Å². The third-order valence-electron chi connectivity index (χ3n) is 4.81. The fourth-order valence-electron chi connectivity index (χ4n) is 3.03. The summed E-state index contributed by atoms with van der Waals surface area (Å²) in [4.78, 5) is 21.4. The van der Waals surface area contributed by atoms with Gasteiger partial charge in [0.15, 0.2) is 0 Å². The molecule has 0 radical (unpaired) electrons. The summed E-state index contributed by atoms with van der Waals surface area (Å²) in [6, 6.07) is 12.7. The summed E-state index contributed by atoms with van der Waals surface area (Å²) in [6.45, 7) is 4.10. The summed E-state index contributed by atoms with van der Waals surface area (Å²) >= 11 is 0. The number of nitrogens with zero attached hydrogens (tertiary/aromatic N) is 2. The van der Waals surface area contributed by atoms with Crippen LogP contribution in [0.3, 0.4) is 0 Å². The molecular weight excluding hydrogens is 336 g/mol. The molecule has 0 saturated carbocycles. The van der Waals surface area contributed by atoms with Crippen LogP contribution in [-0.2, 0) is 11.2 Å². The van der Waals surface area contributed by atoms with Crippen LogP contribution in [-0.4, -0.2) is 12.8 Å². The highest BCUT2D eigenvalue weighted by molar-refractivity contribution is 5.53. The number of carbonyl (C=O) groups is 1. The number of allylic oxidation sites excluding steroid dienone is 4. The van der Waals surface area contributed by atoms with Gasteiger partial charge in [-0.2, -0.15) is 10.2 Å². The van der Waals surface area contributed by atoms with Crippen LogP contribution in [0.5, 0.6) is 0 Å². The Kier molecular flexibility index (Phi) is 11.4. The summed E-state index contributed by atoms with van der Waals surface area (Å²) in [5.41, 5.74) is 3.43. The SMILES string of the molecule is C/C(=C\CCC/C(C#N)=C/CCC(CN=O)C(C)C=O)Cc1ccccc1. The van der Waals surface area contributed by atoms with Gasteiger partial charge < -0.3 is 4.79 Å². The number of rotatable bonds is 13. The fourth-order valence-corrected chi connectivity index (χ4v) is 3.03. The van der Waals surface area contributed by atoms with Crippen molar-refractivity contribution in [2.45, 2.75) is 52.4 Å². The summed E-state index contributed by atoms with van der Waals surface area (Å²) in [6.07, 6.45) is 10.1. The molecule has 0 spiro atoms. The second kappa shape index (κ2) is 13.6. The molecule has 0 aliphatic heterocycles. The Morgan fingerprint density at radius 2 is 1.96 bits per heavy atom. The summed E-state index contributed by atoms with van der Waals surface area (Å²) in [7, 11) is 0. The molecular formula is C23H30N2O2. The minimum absolute atomic E-state index is 0.0419. The van der Waals surface area contributed by atoms with Gasteiger partial charge in [-0.05, 0) is 56.9 Å². The summed E-state index contributed by atoms with van der Waals surface area (Å²) < 4.78 is 0. The Bertz CT molecular complexity index is 671. The van der Waals surface area contributed by atoms with Crippen LogP contribution in [0.25, 0.3) is 0 Å². The van der Waals surface area contributed by atoms with Crippen molar-refractivity contribution in [3.05, 3.63) is 64.1 Å². The first-order valence-corrected chi connectivity index (χ1v) is 9.63. The van der Waals surface area contributed by atoms with Crippen molar-refractivity contribution in [3.63, 3.8) is 0 Å². The third-order valence-corrected chi connectivity index (χ3v) is 4.81. The number of hydrogen-bond donors (Lipinski definition) is 0. The zero-order valence-electron chi connectivity index (χ0n) is 16.4. The van der Waals surface area contributed by atoms with E-state index in [1.807, 2.05) is 19.1 Å². The van der Waals surface area contributed by atoms with Crippen LogP contribution in [0.1, 0.15) is 51.5 Å². The molecule has 2 atom stereocenters. The maximum atomic E-state index is 10.9. The molecule has 1 rings (SSSR count). The highest BCUT2D eigenvalue weighted by Crippen LogP contribution is 2.19. The minimum atomic E-state index is -0.181. The lowest BCUT2D eigenvalue weighted by atomic mass is 9.90. The molecule has 0 bridgehead atoms. The van der Waals surface area contributed by atoms with Crippen molar-refractivity contribution in [2.75, 3.05) is 6.54 Å². The van der Waals surface area contributed by atoms with Gasteiger partial charge >= 0.3 is 0 Å². The van der Waals surface area contributed by atoms with Gasteiger partial charge in [0.2, 0.25) is 0 Å². The first kappa shape index (κ1) is 22.5. The molecule has 1 aromatic rings. The largest absolute Gasteiger partial charge is 0.303 e. The topological polar surface area (TPSA) is 70.3 Å². The van der Waals surface area contributed by atoms with Crippen LogP contribution in [0.15, 0.2) is 58.8 Å². The average molecular weight is 367 g/mol. The Balaban J connectivity index is 2.39. The van der Waals surface area contributed by atoms with Crippen molar-refractivity contribution in [1.29, 1.82) is 5.26 Å². The van der Waals surface area contributed by atoms with Gasteiger partial charge in [0, 0.05) is 11.5 Å². The second-order valence-corrected chi connectivity index (χ2v) is 7.09. The lowest BCUT2D eigenvalue weighted by molar-refractivity contribution is -0.112. The standard InChI is InChI=1S/C23H30N2O2/c1-19(15-21-10-4-3-5-11-21)9-6-7-12-22(16-24)13-8-14-23(17-25-27)20(2)18-26/h3-5,9-11,13,18,20,23H,6-8,12,14-15,17H2,1-2H3/b19-9+,22-13-. The molecule has 2 unspecified atom stereocenters. The Hall–Kier alpha value is -2.54. The van der Waals surface area contributed by atoms with Crippen molar-refractivity contribution < 1.29 is 4.79 Å². The van der Waals surface area contributed by atoms with Crippen LogP contribution < -0.4 is 0 Å². The molecule has 4 heteroatoms. The van der Waals surface area contributed by atoms with Crippen LogP contribution in [0.2, 0.25) is 0 Å². The van der Waals surface area contributed by atoms with Gasteiger partial charge in [0.05, 0.1) is 12.6 Å². The van der Waals surface area contributed by atoms with E-state index < -0.39 is 0 Å². The Morgan fingerprint density at radius 1 is 1.22 bits per heavy atom. The average Bonchev–Trinajstić information content (AvgIpc) is 2.69. The van der Waals surface area contributed by atoms with E-state index in [9.17, 15) is 15.0 Å². The fraction of sp³-hybridized carbons (Fsp3) is 0.478. The number of benzene rings is 1. The molecule has 4 nitrogen and oxygen atoms in total. The molecule has 0 N–H and O–H groups in total. The number of carbonyl (C=O) groups excluding carboxylic acids is 1. The van der Waals surface area contributed by atoms with Gasteiger partial charge in [-0.1, -0.05) is 60.2 Å². The van der Waals surface area contributed by atoms with Crippen molar-refractivity contribution in [1.82, 2.24) is 0 Å². The molecule has 0 amide bonds.